The average Bonchev–Trinajstić information content (AvgIpc) is 3.10. The minimum Gasteiger partial charge on any atom is -0.369 e. The Labute approximate surface area is 184 Å². The maximum absolute atomic E-state index is 11.9. The second kappa shape index (κ2) is 8.13. The van der Waals surface area contributed by atoms with E-state index in [1.54, 1.807) is 12.4 Å². The summed E-state index contributed by atoms with van der Waals surface area (Å²) < 4.78 is 0. The third-order valence-electron chi connectivity index (χ3n) is 5.61. The normalized spacial score (nSPS) is 18.7. The van der Waals surface area contributed by atoms with Crippen LogP contribution in [0.4, 0.5) is 10.5 Å². The Morgan fingerprint density at radius 1 is 1.00 bits per heavy atom. The van der Waals surface area contributed by atoms with Crippen LogP contribution in [0.5, 0.6) is 0 Å². The molecule has 0 unspecified atom stereocenters. The molecular formula is C23H21N5O2S. The number of nitrogens with zero attached hydrogens (tertiary/aromatic N) is 4. The molecule has 2 aromatic carbocycles. The number of fused-ring (bicyclic) bond motifs is 1. The first-order valence-electron chi connectivity index (χ1n) is 10.1. The fourth-order valence-corrected chi connectivity index (χ4v) is 4.54. The molecule has 0 saturated carbocycles. The Balaban J connectivity index is 1.47. The van der Waals surface area contributed by atoms with Crippen LogP contribution in [-0.4, -0.2) is 59.2 Å². The van der Waals surface area contributed by atoms with E-state index in [-0.39, 0.29) is 11.1 Å². The van der Waals surface area contributed by atoms with E-state index >= 15 is 0 Å². The Morgan fingerprint density at radius 3 is 2.48 bits per heavy atom. The molecule has 0 bridgehead atoms. The van der Waals surface area contributed by atoms with Crippen molar-refractivity contribution < 1.29 is 9.59 Å². The number of thioether (sulfide) groups is 1. The third kappa shape index (κ3) is 4.04. The number of rotatable bonds is 3. The number of carbonyl (C=O) groups excluding carboxylic acids is 2. The van der Waals surface area contributed by atoms with Crippen molar-refractivity contribution in [2.24, 2.45) is 0 Å². The van der Waals surface area contributed by atoms with Gasteiger partial charge in [0.2, 0.25) is 0 Å². The predicted octanol–water partition coefficient (Wildman–Crippen LogP) is 3.37. The standard InChI is InChI=1S/C23H21N5O2S/c1-27-8-10-28(11-9-27)17-5-3-16(4-6-17)21-18-12-15(2-7-19(18)24-14-25-21)13-20-22(29)26-23(30)31-20/h2-7,12-14H,8-11H2,1H3,(H,26,29,30). The molecule has 1 N–H and O–H groups in total. The van der Waals surface area contributed by atoms with Crippen molar-refractivity contribution in [1.82, 2.24) is 20.2 Å². The largest absolute Gasteiger partial charge is 0.369 e. The monoisotopic (exact) mass is 431 g/mol. The van der Waals surface area contributed by atoms with Gasteiger partial charge in [0.05, 0.1) is 16.1 Å². The Morgan fingerprint density at radius 2 is 1.77 bits per heavy atom. The molecule has 3 aromatic rings. The van der Waals surface area contributed by atoms with Crippen molar-refractivity contribution >= 4 is 45.6 Å². The lowest BCUT2D eigenvalue weighted by atomic mass is 10.0. The quantitative estimate of drug-likeness (QED) is 0.637. The van der Waals surface area contributed by atoms with Gasteiger partial charge in [-0.1, -0.05) is 18.2 Å². The van der Waals surface area contributed by atoms with E-state index in [1.165, 1.54) is 5.69 Å². The average molecular weight is 432 g/mol. The molecule has 2 saturated heterocycles. The van der Waals surface area contributed by atoms with Gasteiger partial charge in [-0.3, -0.25) is 14.9 Å². The predicted molar refractivity (Wildman–Crippen MR) is 124 cm³/mol. The molecule has 3 heterocycles. The summed E-state index contributed by atoms with van der Waals surface area (Å²) in [5.74, 6) is -0.362. The summed E-state index contributed by atoms with van der Waals surface area (Å²) in [4.78, 5) is 37.3. The number of amides is 2. The van der Waals surface area contributed by atoms with Crippen LogP contribution in [0.25, 0.3) is 28.2 Å². The van der Waals surface area contributed by atoms with Crippen LogP contribution in [0.3, 0.4) is 0 Å². The number of nitrogens with one attached hydrogen (secondary N) is 1. The minimum absolute atomic E-state index is 0.346. The van der Waals surface area contributed by atoms with Crippen molar-refractivity contribution in [3.05, 3.63) is 59.3 Å². The molecule has 2 fully saturated rings. The van der Waals surface area contributed by atoms with E-state index in [4.69, 9.17) is 0 Å². The van der Waals surface area contributed by atoms with E-state index < -0.39 is 0 Å². The zero-order valence-corrected chi connectivity index (χ0v) is 17.9. The van der Waals surface area contributed by atoms with Gasteiger partial charge in [-0.15, -0.1) is 0 Å². The van der Waals surface area contributed by atoms with Crippen molar-refractivity contribution in [1.29, 1.82) is 0 Å². The fraction of sp³-hybridized carbons (Fsp3) is 0.217. The summed E-state index contributed by atoms with van der Waals surface area (Å²) in [5, 5.41) is 2.84. The Hall–Kier alpha value is -3.23. The maximum atomic E-state index is 11.9. The summed E-state index contributed by atoms with van der Waals surface area (Å²) in [5.41, 5.74) is 4.72. The van der Waals surface area contributed by atoms with E-state index in [2.05, 4.69) is 56.4 Å². The number of piperazine rings is 1. The zero-order chi connectivity index (χ0) is 21.4. The van der Waals surface area contributed by atoms with Crippen LogP contribution in [0.15, 0.2) is 53.7 Å². The molecule has 5 rings (SSSR count). The van der Waals surface area contributed by atoms with Gasteiger partial charge < -0.3 is 9.80 Å². The second-order valence-electron chi connectivity index (χ2n) is 7.69. The number of imide groups is 1. The first kappa shape index (κ1) is 19.7. The highest BCUT2D eigenvalue weighted by atomic mass is 32.2. The molecule has 2 aliphatic rings. The molecule has 31 heavy (non-hydrogen) atoms. The number of hydrogen-bond acceptors (Lipinski definition) is 7. The molecule has 2 aliphatic heterocycles. The van der Waals surface area contributed by atoms with E-state index in [9.17, 15) is 9.59 Å². The number of hydrogen-bond donors (Lipinski definition) is 1. The number of aromatic nitrogens is 2. The van der Waals surface area contributed by atoms with Gasteiger partial charge in [0.15, 0.2) is 0 Å². The zero-order valence-electron chi connectivity index (χ0n) is 17.0. The number of likely N-dealkylation sites (N-methyl/N-ethyl adjacent to an activating group) is 1. The fourth-order valence-electron chi connectivity index (χ4n) is 3.86. The summed E-state index contributed by atoms with van der Waals surface area (Å²) in [6, 6.07) is 14.2. The van der Waals surface area contributed by atoms with Crippen LogP contribution in [0, 0.1) is 0 Å². The van der Waals surface area contributed by atoms with Crippen molar-refractivity contribution in [2.75, 3.05) is 38.1 Å². The van der Waals surface area contributed by atoms with Gasteiger partial charge in [0.1, 0.15) is 6.33 Å². The highest BCUT2D eigenvalue weighted by Crippen LogP contribution is 2.30. The van der Waals surface area contributed by atoms with Gasteiger partial charge in [-0.2, -0.15) is 0 Å². The summed E-state index contributed by atoms with van der Waals surface area (Å²) in [7, 11) is 2.15. The van der Waals surface area contributed by atoms with E-state index in [0.29, 0.717) is 4.91 Å². The second-order valence-corrected chi connectivity index (χ2v) is 8.70. The number of carbonyl (C=O) groups is 2. The first-order valence-corrected chi connectivity index (χ1v) is 10.9. The molecule has 0 radical (unpaired) electrons. The summed E-state index contributed by atoms with van der Waals surface area (Å²) in [6.45, 7) is 4.19. The molecule has 0 spiro atoms. The van der Waals surface area contributed by atoms with Gasteiger partial charge in [0, 0.05) is 42.8 Å². The van der Waals surface area contributed by atoms with Gasteiger partial charge >= 0.3 is 0 Å². The van der Waals surface area contributed by atoms with Crippen LogP contribution in [0.2, 0.25) is 0 Å². The highest BCUT2D eigenvalue weighted by molar-refractivity contribution is 8.18. The SMILES string of the molecule is CN1CCN(c2ccc(-c3ncnc4ccc(C=C5SC(=O)NC5=O)cc34)cc2)CC1. The van der Waals surface area contributed by atoms with E-state index in [0.717, 1.165) is 65.7 Å². The Kier molecular flexibility index (Phi) is 5.17. The smallest absolute Gasteiger partial charge is 0.290 e. The minimum atomic E-state index is -0.362. The topological polar surface area (TPSA) is 78.4 Å². The lowest BCUT2D eigenvalue weighted by molar-refractivity contribution is -0.115. The van der Waals surface area contributed by atoms with Gasteiger partial charge in [-0.05, 0) is 54.7 Å². The molecule has 1 aromatic heterocycles. The molecule has 2 amide bonds. The molecular weight excluding hydrogens is 410 g/mol. The lowest BCUT2D eigenvalue weighted by Crippen LogP contribution is -2.44. The Bertz CT molecular complexity index is 1200. The van der Waals surface area contributed by atoms with Crippen molar-refractivity contribution in [3.8, 4) is 11.3 Å². The van der Waals surface area contributed by atoms with Crippen molar-refractivity contribution in [2.45, 2.75) is 0 Å². The van der Waals surface area contributed by atoms with Crippen LogP contribution in [-0.2, 0) is 4.79 Å². The van der Waals surface area contributed by atoms with Crippen molar-refractivity contribution in [3.63, 3.8) is 0 Å². The van der Waals surface area contributed by atoms with Crippen LogP contribution in [0.1, 0.15) is 5.56 Å². The molecule has 0 atom stereocenters. The van der Waals surface area contributed by atoms with Gasteiger partial charge in [-0.25, -0.2) is 9.97 Å². The first-order chi connectivity index (χ1) is 15.1. The molecule has 156 valence electrons. The maximum Gasteiger partial charge on any atom is 0.290 e. The highest BCUT2D eigenvalue weighted by Gasteiger charge is 2.25. The van der Waals surface area contributed by atoms with Crippen LogP contribution < -0.4 is 10.2 Å². The summed E-state index contributed by atoms with van der Waals surface area (Å²) >= 11 is 0.912. The third-order valence-corrected chi connectivity index (χ3v) is 6.42. The summed E-state index contributed by atoms with van der Waals surface area (Å²) in [6.07, 6.45) is 3.29. The molecule has 0 aliphatic carbocycles. The number of anilines is 1. The van der Waals surface area contributed by atoms with Gasteiger partial charge in [0.25, 0.3) is 11.1 Å². The molecule has 7 nitrogen and oxygen atoms in total. The molecule has 8 heteroatoms. The van der Waals surface area contributed by atoms with Crippen LogP contribution >= 0.6 is 11.8 Å². The van der Waals surface area contributed by atoms with E-state index in [1.807, 2.05) is 18.2 Å². The lowest BCUT2D eigenvalue weighted by Gasteiger charge is -2.34. The number of benzene rings is 2.